The standard InChI is InChI=1S/C12H12N4O2/c17-12(14-6-11-15-7-18-16-11)9-2-1-8-3-4-13-10(8)5-9/h1-2,5,7,13H,3-4,6H2,(H,14,17). The van der Waals surface area contributed by atoms with E-state index in [9.17, 15) is 4.79 Å². The quantitative estimate of drug-likeness (QED) is 0.840. The van der Waals surface area contributed by atoms with Gasteiger partial charge in [-0.15, -0.1) is 0 Å². The van der Waals surface area contributed by atoms with Gasteiger partial charge in [-0.3, -0.25) is 4.79 Å². The van der Waals surface area contributed by atoms with Crippen LogP contribution in [-0.4, -0.2) is 22.6 Å². The lowest BCUT2D eigenvalue weighted by Gasteiger charge is -2.05. The normalized spacial score (nSPS) is 12.9. The summed E-state index contributed by atoms with van der Waals surface area (Å²) in [6, 6.07) is 5.68. The predicted molar refractivity (Wildman–Crippen MR) is 64.1 cm³/mol. The number of nitrogens with one attached hydrogen (secondary N) is 2. The Kier molecular flexibility index (Phi) is 2.68. The van der Waals surface area contributed by atoms with E-state index in [4.69, 9.17) is 0 Å². The minimum atomic E-state index is -0.142. The molecule has 2 heterocycles. The molecule has 2 N–H and O–H groups in total. The van der Waals surface area contributed by atoms with Crippen molar-refractivity contribution in [2.75, 3.05) is 11.9 Å². The third-order valence-electron chi connectivity index (χ3n) is 2.90. The molecular formula is C12H12N4O2. The number of anilines is 1. The number of hydrogen-bond donors (Lipinski definition) is 2. The van der Waals surface area contributed by atoms with E-state index in [0.29, 0.717) is 11.4 Å². The van der Waals surface area contributed by atoms with Gasteiger partial charge in [-0.25, -0.2) is 0 Å². The Bertz CT molecular complexity index is 565. The molecule has 1 aliphatic heterocycles. The van der Waals surface area contributed by atoms with E-state index in [1.165, 1.54) is 12.0 Å². The van der Waals surface area contributed by atoms with Crippen LogP contribution >= 0.6 is 0 Å². The molecule has 6 heteroatoms. The Morgan fingerprint density at radius 2 is 2.44 bits per heavy atom. The van der Waals surface area contributed by atoms with Gasteiger partial charge in [0.15, 0.2) is 5.82 Å². The first-order valence-electron chi connectivity index (χ1n) is 5.73. The molecule has 3 rings (SSSR count). The second-order valence-electron chi connectivity index (χ2n) is 4.08. The Hall–Kier alpha value is -2.37. The fourth-order valence-corrected chi connectivity index (χ4v) is 1.96. The molecule has 0 aliphatic carbocycles. The third-order valence-corrected chi connectivity index (χ3v) is 2.90. The van der Waals surface area contributed by atoms with E-state index in [1.54, 1.807) is 0 Å². The van der Waals surface area contributed by atoms with Crippen molar-refractivity contribution in [3.05, 3.63) is 41.5 Å². The van der Waals surface area contributed by atoms with Crippen molar-refractivity contribution in [2.24, 2.45) is 0 Å². The van der Waals surface area contributed by atoms with Crippen molar-refractivity contribution >= 4 is 11.6 Å². The van der Waals surface area contributed by atoms with Crippen LogP contribution in [0, 0.1) is 0 Å². The molecule has 0 unspecified atom stereocenters. The zero-order chi connectivity index (χ0) is 12.4. The van der Waals surface area contributed by atoms with Crippen LogP contribution in [0.1, 0.15) is 21.7 Å². The monoisotopic (exact) mass is 244 g/mol. The molecule has 0 radical (unpaired) electrons. The van der Waals surface area contributed by atoms with Crippen LogP contribution in [0.15, 0.2) is 29.1 Å². The van der Waals surface area contributed by atoms with Gasteiger partial charge >= 0.3 is 0 Å². The van der Waals surface area contributed by atoms with Crippen molar-refractivity contribution < 1.29 is 9.32 Å². The van der Waals surface area contributed by atoms with Gasteiger partial charge in [0.1, 0.15) is 0 Å². The third kappa shape index (κ3) is 2.04. The second-order valence-corrected chi connectivity index (χ2v) is 4.08. The summed E-state index contributed by atoms with van der Waals surface area (Å²) in [7, 11) is 0. The van der Waals surface area contributed by atoms with E-state index in [2.05, 4.69) is 25.3 Å². The maximum Gasteiger partial charge on any atom is 0.251 e. The number of benzene rings is 1. The second kappa shape index (κ2) is 4.48. The lowest BCUT2D eigenvalue weighted by molar-refractivity contribution is 0.0949. The Morgan fingerprint density at radius 3 is 3.28 bits per heavy atom. The molecule has 0 saturated heterocycles. The van der Waals surface area contributed by atoms with Crippen LogP contribution in [0.5, 0.6) is 0 Å². The molecule has 2 aromatic rings. The van der Waals surface area contributed by atoms with Crippen molar-refractivity contribution in [3.63, 3.8) is 0 Å². The van der Waals surface area contributed by atoms with Crippen molar-refractivity contribution in [1.82, 2.24) is 15.5 Å². The zero-order valence-electron chi connectivity index (χ0n) is 9.64. The Balaban J connectivity index is 1.69. The molecule has 6 nitrogen and oxygen atoms in total. The van der Waals surface area contributed by atoms with Crippen LogP contribution in [0.25, 0.3) is 0 Å². The lowest BCUT2D eigenvalue weighted by Crippen LogP contribution is -2.23. The van der Waals surface area contributed by atoms with Gasteiger partial charge in [0.2, 0.25) is 6.39 Å². The van der Waals surface area contributed by atoms with Crippen molar-refractivity contribution in [1.29, 1.82) is 0 Å². The van der Waals surface area contributed by atoms with Gasteiger partial charge < -0.3 is 15.2 Å². The van der Waals surface area contributed by atoms with Crippen molar-refractivity contribution in [2.45, 2.75) is 13.0 Å². The molecule has 0 fully saturated rings. The summed E-state index contributed by atoms with van der Waals surface area (Å²) in [6.07, 6.45) is 2.25. The van der Waals surface area contributed by atoms with Gasteiger partial charge in [0.05, 0.1) is 6.54 Å². The fraction of sp³-hybridized carbons (Fsp3) is 0.250. The number of nitrogens with zero attached hydrogens (tertiary/aromatic N) is 2. The number of aromatic nitrogens is 2. The summed E-state index contributed by atoms with van der Waals surface area (Å²) in [5.74, 6) is 0.318. The topological polar surface area (TPSA) is 80.1 Å². The lowest BCUT2D eigenvalue weighted by atomic mass is 10.1. The van der Waals surface area contributed by atoms with Gasteiger partial charge in [0, 0.05) is 17.8 Å². The summed E-state index contributed by atoms with van der Waals surface area (Å²) in [6.45, 7) is 1.20. The number of hydrogen-bond acceptors (Lipinski definition) is 5. The molecule has 1 aliphatic rings. The highest BCUT2D eigenvalue weighted by atomic mass is 16.5. The summed E-state index contributed by atoms with van der Waals surface area (Å²) in [5, 5.41) is 9.61. The van der Waals surface area contributed by atoms with Crippen LogP contribution in [0.4, 0.5) is 5.69 Å². The average Bonchev–Trinajstić information content (AvgIpc) is 3.05. The largest absolute Gasteiger partial charge is 0.384 e. The molecule has 1 aromatic heterocycles. The van der Waals surface area contributed by atoms with Crippen LogP contribution in [-0.2, 0) is 13.0 Å². The highest BCUT2D eigenvalue weighted by molar-refractivity contribution is 5.95. The zero-order valence-corrected chi connectivity index (χ0v) is 9.64. The molecule has 0 bridgehead atoms. The SMILES string of the molecule is O=C(NCc1ncon1)c1ccc2c(c1)NCC2. The molecule has 18 heavy (non-hydrogen) atoms. The Labute approximate surface area is 103 Å². The van der Waals surface area contributed by atoms with Gasteiger partial charge in [0.25, 0.3) is 5.91 Å². The number of carbonyl (C=O) groups is 1. The van der Waals surface area contributed by atoms with Crippen LogP contribution in [0.2, 0.25) is 0 Å². The fourth-order valence-electron chi connectivity index (χ4n) is 1.96. The molecular weight excluding hydrogens is 232 g/mol. The summed E-state index contributed by atoms with van der Waals surface area (Å²) in [4.78, 5) is 15.7. The average molecular weight is 244 g/mol. The number of carbonyl (C=O) groups excluding carboxylic acids is 1. The molecule has 1 aromatic carbocycles. The molecule has 0 atom stereocenters. The van der Waals surface area contributed by atoms with Crippen LogP contribution in [0.3, 0.4) is 0 Å². The van der Waals surface area contributed by atoms with E-state index in [1.807, 2.05) is 18.2 Å². The van der Waals surface area contributed by atoms with Gasteiger partial charge in [-0.1, -0.05) is 11.2 Å². The maximum atomic E-state index is 11.9. The van der Waals surface area contributed by atoms with E-state index in [0.717, 1.165) is 18.7 Å². The minimum Gasteiger partial charge on any atom is -0.384 e. The van der Waals surface area contributed by atoms with E-state index < -0.39 is 0 Å². The molecule has 1 amide bonds. The highest BCUT2D eigenvalue weighted by Crippen LogP contribution is 2.23. The van der Waals surface area contributed by atoms with Gasteiger partial charge in [-0.2, -0.15) is 4.98 Å². The minimum absolute atomic E-state index is 0.142. The number of rotatable bonds is 3. The summed E-state index contributed by atoms with van der Waals surface area (Å²) >= 11 is 0. The van der Waals surface area contributed by atoms with E-state index in [-0.39, 0.29) is 12.5 Å². The molecule has 0 spiro atoms. The first-order valence-corrected chi connectivity index (χ1v) is 5.73. The van der Waals surface area contributed by atoms with E-state index >= 15 is 0 Å². The van der Waals surface area contributed by atoms with Crippen LogP contribution < -0.4 is 10.6 Å². The summed E-state index contributed by atoms with van der Waals surface area (Å²) < 4.78 is 4.59. The number of amides is 1. The first-order chi connectivity index (χ1) is 8.83. The maximum absolute atomic E-state index is 11.9. The van der Waals surface area contributed by atoms with Crippen molar-refractivity contribution in [3.8, 4) is 0 Å². The predicted octanol–water partition coefficient (Wildman–Crippen LogP) is 0.968. The molecule has 92 valence electrons. The Morgan fingerprint density at radius 1 is 1.50 bits per heavy atom. The highest BCUT2D eigenvalue weighted by Gasteiger charge is 2.13. The van der Waals surface area contributed by atoms with Gasteiger partial charge in [-0.05, 0) is 24.1 Å². The summed E-state index contributed by atoms with van der Waals surface area (Å²) in [5.41, 5.74) is 2.93. The molecule has 0 saturated carbocycles. The number of fused-ring (bicyclic) bond motifs is 1. The smallest absolute Gasteiger partial charge is 0.251 e. The first kappa shape index (κ1) is 10.8.